The highest BCUT2D eigenvalue weighted by Gasteiger charge is 2.20. The fraction of sp³-hybridized carbons (Fsp3) is 0.316. The lowest BCUT2D eigenvalue weighted by Gasteiger charge is -2.12. The molecule has 154 valence electrons. The monoisotopic (exact) mass is 473 g/mol. The summed E-state index contributed by atoms with van der Waals surface area (Å²) in [5.41, 5.74) is 2.40. The van der Waals surface area contributed by atoms with Crippen LogP contribution in [0.2, 0.25) is 20.1 Å². The van der Waals surface area contributed by atoms with E-state index in [9.17, 15) is 4.79 Å². The number of hydrogen-bond donors (Lipinski definition) is 1. The van der Waals surface area contributed by atoms with Gasteiger partial charge in [-0.1, -0.05) is 59.4 Å². The van der Waals surface area contributed by atoms with Crippen LogP contribution in [0.4, 0.5) is 5.82 Å². The minimum absolute atomic E-state index is 0.217. The predicted octanol–water partition coefficient (Wildman–Crippen LogP) is 5.63. The third-order valence-corrected chi connectivity index (χ3v) is 5.90. The lowest BCUT2D eigenvalue weighted by molar-refractivity contribution is -0.119. The van der Waals surface area contributed by atoms with Crippen molar-refractivity contribution in [1.29, 1.82) is 0 Å². The number of anilines is 1. The van der Waals surface area contributed by atoms with Gasteiger partial charge in [-0.25, -0.2) is 0 Å². The van der Waals surface area contributed by atoms with Gasteiger partial charge in [0.15, 0.2) is 5.82 Å². The Morgan fingerprint density at radius 2 is 1.86 bits per heavy atom. The van der Waals surface area contributed by atoms with Crippen LogP contribution in [0.1, 0.15) is 23.9 Å². The topological polar surface area (TPSA) is 64.7 Å². The van der Waals surface area contributed by atoms with E-state index in [1.165, 1.54) is 0 Å². The zero-order valence-electron chi connectivity index (χ0n) is 16.0. The second-order valence-corrected chi connectivity index (χ2v) is 8.44. The summed E-state index contributed by atoms with van der Waals surface area (Å²) < 4.78 is 3.34. The molecule has 3 aromatic rings. The van der Waals surface area contributed by atoms with Crippen LogP contribution >= 0.6 is 46.4 Å². The van der Waals surface area contributed by atoms with E-state index in [0.29, 0.717) is 39.0 Å². The Morgan fingerprint density at radius 1 is 1.14 bits per heavy atom. The zero-order chi connectivity index (χ0) is 21.3. The third kappa shape index (κ3) is 5.07. The van der Waals surface area contributed by atoms with Crippen molar-refractivity contribution in [3.05, 3.63) is 61.4 Å². The SMILES string of the molecule is Cc1nn(CC(C)C(=O)Nc2nn(Cc3ccc(Cl)cc3Cl)cc2Cl)c(C)c1Cl. The molecule has 0 radical (unpaired) electrons. The highest BCUT2D eigenvalue weighted by molar-refractivity contribution is 6.35. The van der Waals surface area contributed by atoms with Crippen molar-refractivity contribution in [2.45, 2.75) is 33.9 Å². The highest BCUT2D eigenvalue weighted by atomic mass is 35.5. The summed E-state index contributed by atoms with van der Waals surface area (Å²) in [6, 6.07) is 5.24. The standard InChI is InChI=1S/C19H19Cl4N5O/c1-10(7-28-12(3)17(23)11(2)25-28)19(29)24-18-16(22)9-27(26-18)8-13-4-5-14(20)6-15(13)21/h4-6,9-10H,7-8H2,1-3H3,(H,24,26,29). The average Bonchev–Trinajstić information content (AvgIpc) is 3.11. The van der Waals surface area contributed by atoms with Gasteiger partial charge in [0.2, 0.25) is 5.91 Å². The fourth-order valence-electron chi connectivity index (χ4n) is 2.82. The van der Waals surface area contributed by atoms with Crippen LogP contribution in [0.5, 0.6) is 0 Å². The maximum absolute atomic E-state index is 12.6. The van der Waals surface area contributed by atoms with Gasteiger partial charge in [0.25, 0.3) is 0 Å². The average molecular weight is 475 g/mol. The minimum Gasteiger partial charge on any atom is -0.308 e. The molecule has 0 fully saturated rings. The van der Waals surface area contributed by atoms with Gasteiger partial charge in [-0.2, -0.15) is 10.2 Å². The number of carbonyl (C=O) groups is 1. The van der Waals surface area contributed by atoms with Gasteiger partial charge in [-0.05, 0) is 31.5 Å². The van der Waals surface area contributed by atoms with Gasteiger partial charge in [0, 0.05) is 16.2 Å². The molecule has 0 spiro atoms. The summed E-state index contributed by atoms with van der Waals surface area (Å²) in [4.78, 5) is 12.6. The normalized spacial score (nSPS) is 12.2. The van der Waals surface area contributed by atoms with E-state index in [1.54, 1.807) is 34.6 Å². The van der Waals surface area contributed by atoms with E-state index < -0.39 is 0 Å². The van der Waals surface area contributed by atoms with Crippen molar-refractivity contribution in [2.75, 3.05) is 5.32 Å². The Kier molecular flexibility index (Phi) is 6.79. The van der Waals surface area contributed by atoms with Crippen LogP contribution in [0, 0.1) is 19.8 Å². The quantitative estimate of drug-likeness (QED) is 0.503. The zero-order valence-corrected chi connectivity index (χ0v) is 19.0. The largest absolute Gasteiger partial charge is 0.308 e. The molecule has 29 heavy (non-hydrogen) atoms. The molecule has 2 heterocycles. The number of aromatic nitrogens is 4. The van der Waals surface area contributed by atoms with E-state index in [4.69, 9.17) is 46.4 Å². The molecule has 1 unspecified atom stereocenters. The Balaban J connectivity index is 1.68. The van der Waals surface area contributed by atoms with E-state index in [2.05, 4.69) is 15.5 Å². The van der Waals surface area contributed by atoms with E-state index in [-0.39, 0.29) is 11.8 Å². The van der Waals surface area contributed by atoms with Crippen molar-refractivity contribution < 1.29 is 4.79 Å². The van der Waals surface area contributed by atoms with Crippen molar-refractivity contribution in [2.24, 2.45) is 5.92 Å². The number of amides is 1. The van der Waals surface area contributed by atoms with Crippen LogP contribution in [0.15, 0.2) is 24.4 Å². The third-order valence-electron chi connectivity index (χ3n) is 4.49. The Labute approximate surface area is 188 Å². The molecule has 2 aromatic heterocycles. The van der Waals surface area contributed by atoms with Crippen LogP contribution in [0.25, 0.3) is 0 Å². The van der Waals surface area contributed by atoms with E-state index in [1.807, 2.05) is 19.9 Å². The summed E-state index contributed by atoms with van der Waals surface area (Å²) in [6.45, 7) is 6.29. The predicted molar refractivity (Wildman–Crippen MR) is 117 cm³/mol. The Bertz CT molecular complexity index is 1060. The first-order chi connectivity index (χ1) is 13.7. The van der Waals surface area contributed by atoms with Gasteiger partial charge in [-0.3, -0.25) is 14.2 Å². The van der Waals surface area contributed by atoms with Crippen molar-refractivity contribution in [3.63, 3.8) is 0 Å². The fourth-order valence-corrected chi connectivity index (χ4v) is 3.62. The van der Waals surface area contributed by atoms with Crippen LogP contribution in [-0.2, 0) is 17.9 Å². The second kappa shape index (κ2) is 8.96. The van der Waals surface area contributed by atoms with Gasteiger partial charge < -0.3 is 5.32 Å². The van der Waals surface area contributed by atoms with Gasteiger partial charge >= 0.3 is 0 Å². The maximum Gasteiger partial charge on any atom is 0.230 e. The molecule has 6 nitrogen and oxygen atoms in total. The molecule has 10 heteroatoms. The van der Waals surface area contributed by atoms with Crippen LogP contribution < -0.4 is 5.32 Å². The molecule has 0 saturated heterocycles. The van der Waals surface area contributed by atoms with Crippen LogP contribution in [-0.4, -0.2) is 25.5 Å². The summed E-state index contributed by atoms with van der Waals surface area (Å²) >= 11 is 24.6. The molecule has 1 amide bonds. The second-order valence-electron chi connectivity index (χ2n) is 6.82. The number of halogens is 4. The Hall–Kier alpha value is -1.73. The number of hydrogen-bond acceptors (Lipinski definition) is 3. The molecule has 0 aliphatic rings. The molecular formula is C19H19Cl4N5O. The van der Waals surface area contributed by atoms with E-state index in [0.717, 1.165) is 17.0 Å². The van der Waals surface area contributed by atoms with Crippen molar-refractivity contribution >= 4 is 58.1 Å². The molecule has 1 N–H and O–H groups in total. The first-order valence-corrected chi connectivity index (χ1v) is 10.3. The lowest BCUT2D eigenvalue weighted by Crippen LogP contribution is -2.25. The molecule has 0 saturated carbocycles. The first kappa shape index (κ1) is 22.0. The summed E-state index contributed by atoms with van der Waals surface area (Å²) in [7, 11) is 0. The molecule has 0 aliphatic carbocycles. The number of carbonyl (C=O) groups excluding carboxylic acids is 1. The van der Waals surface area contributed by atoms with Gasteiger partial charge in [-0.15, -0.1) is 0 Å². The number of rotatable bonds is 6. The van der Waals surface area contributed by atoms with Gasteiger partial charge in [0.05, 0.1) is 35.4 Å². The molecular weight excluding hydrogens is 456 g/mol. The van der Waals surface area contributed by atoms with Crippen LogP contribution in [0.3, 0.4) is 0 Å². The molecule has 3 rings (SSSR count). The summed E-state index contributed by atoms with van der Waals surface area (Å²) in [6.07, 6.45) is 1.63. The molecule has 1 atom stereocenters. The number of benzene rings is 1. The first-order valence-electron chi connectivity index (χ1n) is 8.83. The summed E-state index contributed by atoms with van der Waals surface area (Å²) in [5.74, 6) is -0.290. The molecule has 0 bridgehead atoms. The minimum atomic E-state index is -0.365. The molecule has 1 aromatic carbocycles. The highest BCUT2D eigenvalue weighted by Crippen LogP contribution is 2.25. The van der Waals surface area contributed by atoms with Gasteiger partial charge in [0.1, 0.15) is 5.02 Å². The molecule has 0 aliphatic heterocycles. The number of nitrogens with one attached hydrogen (secondary N) is 1. The number of nitrogens with zero attached hydrogens (tertiary/aromatic N) is 4. The van der Waals surface area contributed by atoms with E-state index >= 15 is 0 Å². The maximum atomic E-state index is 12.6. The number of aryl methyl sites for hydroxylation is 1. The Morgan fingerprint density at radius 3 is 2.48 bits per heavy atom. The van der Waals surface area contributed by atoms with Crippen molar-refractivity contribution in [3.8, 4) is 0 Å². The van der Waals surface area contributed by atoms with Crippen molar-refractivity contribution in [1.82, 2.24) is 19.6 Å². The summed E-state index contributed by atoms with van der Waals surface area (Å²) in [5, 5.41) is 13.5. The lowest BCUT2D eigenvalue weighted by atomic mass is 10.1. The smallest absolute Gasteiger partial charge is 0.230 e.